The van der Waals surface area contributed by atoms with Gasteiger partial charge in [0.1, 0.15) is 12.4 Å². The fraction of sp³-hybridized carbons (Fsp3) is 0.500. The number of aryl methyl sites for hydroxylation is 2. The van der Waals surface area contributed by atoms with Crippen LogP contribution in [0.2, 0.25) is 0 Å². The minimum Gasteiger partial charge on any atom is -0.488 e. The fourth-order valence-electron chi connectivity index (χ4n) is 8.35. The van der Waals surface area contributed by atoms with Crippen LogP contribution in [0.1, 0.15) is 66.1 Å². The molecule has 2 saturated carbocycles. The van der Waals surface area contributed by atoms with E-state index in [1.807, 2.05) is 43.0 Å². The third-order valence-electron chi connectivity index (χ3n) is 10.7. The number of carbonyl (C=O) groups excluding carboxylic acids is 1. The number of carbonyl (C=O) groups is 2. The Balaban J connectivity index is 1.06. The van der Waals surface area contributed by atoms with E-state index in [0.29, 0.717) is 18.9 Å². The lowest BCUT2D eigenvalue weighted by atomic mass is 9.54. The van der Waals surface area contributed by atoms with Gasteiger partial charge in [0.25, 0.3) is 5.91 Å². The second-order valence-electron chi connectivity index (χ2n) is 12.9. The molecule has 2 aromatic carbocycles. The minimum atomic E-state index is -0.616. The van der Waals surface area contributed by atoms with Gasteiger partial charge in [0.05, 0.1) is 11.1 Å². The predicted octanol–water partition coefficient (Wildman–Crippen LogP) is 6.57. The van der Waals surface area contributed by atoms with E-state index in [1.165, 1.54) is 6.42 Å². The topological polar surface area (TPSA) is 83.0 Å². The summed E-state index contributed by atoms with van der Waals surface area (Å²) in [5, 5.41) is 13.1. The lowest BCUT2D eigenvalue weighted by Crippen LogP contribution is -2.54. The van der Waals surface area contributed by atoms with Gasteiger partial charge in [-0.15, -0.1) is 11.3 Å². The third kappa shape index (κ3) is 4.16. The van der Waals surface area contributed by atoms with Crippen molar-refractivity contribution in [2.45, 2.75) is 59.5 Å². The normalized spacial score (nSPS) is 27.7. The number of amides is 1. The molecule has 4 unspecified atom stereocenters. The van der Waals surface area contributed by atoms with Gasteiger partial charge in [0, 0.05) is 48.6 Å². The van der Waals surface area contributed by atoms with E-state index in [2.05, 4.69) is 29.3 Å². The highest BCUT2D eigenvalue weighted by Gasteiger charge is 2.85. The zero-order valence-electron chi connectivity index (χ0n) is 24.7. The van der Waals surface area contributed by atoms with Gasteiger partial charge >= 0.3 is 5.97 Å². The number of rotatable bonds is 8. The molecule has 2 saturated heterocycles. The highest BCUT2D eigenvalue weighted by molar-refractivity contribution is 7.14. The molecular weight excluding hydrogens is 546 g/mol. The number of piperidine rings is 1. The summed E-state index contributed by atoms with van der Waals surface area (Å²) in [6, 6.07) is 12.1. The number of hydrogen-bond donors (Lipinski definition) is 1. The maximum atomic E-state index is 13.0. The summed E-state index contributed by atoms with van der Waals surface area (Å²) in [4.78, 5) is 34.6. The standard InChI is InChI=1S/C34H39N3O4S/c1-4-34(31(39)40)28-16-33(28)20-37(17-29(33)34)32-35-26(19-42-32)25-14-21(2)8-11-27(25)41-18-24-10-9-23(15-22(24)3)30(38)36-12-6-5-7-13-36/h8-11,14-15,19,28-29H,4-7,12-13,16-18,20H2,1-3H3,(H,39,40). The Morgan fingerprint density at radius 1 is 1.10 bits per heavy atom. The van der Waals surface area contributed by atoms with Gasteiger partial charge in [0.2, 0.25) is 0 Å². The molecule has 0 radical (unpaired) electrons. The number of ether oxygens (including phenoxy) is 1. The lowest BCUT2D eigenvalue weighted by molar-refractivity contribution is -0.166. The van der Waals surface area contributed by atoms with Gasteiger partial charge in [-0.05, 0) is 92.7 Å². The van der Waals surface area contributed by atoms with Crippen molar-refractivity contribution >= 4 is 28.3 Å². The van der Waals surface area contributed by atoms with E-state index in [4.69, 9.17) is 9.72 Å². The molecular formula is C34H39N3O4S. The highest BCUT2D eigenvalue weighted by atomic mass is 32.1. The van der Waals surface area contributed by atoms with Gasteiger partial charge < -0.3 is 19.6 Å². The first-order valence-corrected chi connectivity index (χ1v) is 16.2. The van der Waals surface area contributed by atoms with Crippen LogP contribution in [0.5, 0.6) is 5.75 Å². The van der Waals surface area contributed by atoms with Gasteiger partial charge in [-0.25, -0.2) is 4.98 Å². The van der Waals surface area contributed by atoms with E-state index in [1.54, 1.807) is 11.3 Å². The molecule has 3 aromatic rings. The van der Waals surface area contributed by atoms with E-state index in [-0.39, 0.29) is 17.2 Å². The fourth-order valence-corrected chi connectivity index (χ4v) is 9.18. The third-order valence-corrected chi connectivity index (χ3v) is 11.6. The van der Waals surface area contributed by atoms with E-state index < -0.39 is 11.4 Å². The second-order valence-corrected chi connectivity index (χ2v) is 13.8. The van der Waals surface area contributed by atoms with Crippen molar-refractivity contribution in [3.05, 3.63) is 64.0 Å². The summed E-state index contributed by atoms with van der Waals surface area (Å²) in [5.74, 6) is 0.821. The SMILES string of the molecule is CCC1(C(=O)O)C2CN(c3nc(-c4cc(C)ccc4OCc4ccc(C(=O)N5CCCCC5)cc4C)cs3)CC23CC31. The van der Waals surface area contributed by atoms with Gasteiger partial charge in [-0.3, -0.25) is 9.59 Å². The summed E-state index contributed by atoms with van der Waals surface area (Å²) >= 11 is 1.63. The Labute approximate surface area is 251 Å². The highest BCUT2D eigenvalue weighted by Crippen LogP contribution is 2.83. The zero-order chi connectivity index (χ0) is 29.2. The second kappa shape index (κ2) is 10.1. The molecule has 2 aliphatic carbocycles. The number of likely N-dealkylation sites (tertiary alicyclic amines) is 1. The summed E-state index contributed by atoms with van der Waals surface area (Å²) < 4.78 is 6.39. The number of anilines is 1. The van der Waals surface area contributed by atoms with Crippen molar-refractivity contribution in [1.29, 1.82) is 0 Å². The van der Waals surface area contributed by atoms with E-state index in [0.717, 1.165) is 89.8 Å². The van der Waals surface area contributed by atoms with Crippen molar-refractivity contribution in [2.24, 2.45) is 22.7 Å². The number of hydrogen-bond acceptors (Lipinski definition) is 6. The summed E-state index contributed by atoms with van der Waals surface area (Å²) in [7, 11) is 0. The Kier molecular flexibility index (Phi) is 6.61. The average molecular weight is 586 g/mol. The van der Waals surface area contributed by atoms with Crippen molar-refractivity contribution in [2.75, 3.05) is 31.1 Å². The van der Waals surface area contributed by atoms with Crippen molar-refractivity contribution in [3.63, 3.8) is 0 Å². The Hall–Kier alpha value is -3.39. The molecule has 1 amide bonds. The average Bonchev–Trinajstić information content (AvgIpc) is 3.26. The number of carboxylic acids is 1. The number of carboxylic acid groups (broad SMARTS) is 1. The van der Waals surface area contributed by atoms with Crippen LogP contribution < -0.4 is 9.64 Å². The van der Waals surface area contributed by atoms with E-state index in [9.17, 15) is 14.7 Å². The molecule has 1 spiro atoms. The molecule has 8 heteroatoms. The van der Waals surface area contributed by atoms with Crippen LogP contribution in [0, 0.1) is 36.5 Å². The van der Waals surface area contributed by atoms with Gasteiger partial charge in [-0.1, -0.05) is 24.6 Å². The summed E-state index contributed by atoms with van der Waals surface area (Å²) in [6.07, 6.45) is 5.11. The van der Waals surface area contributed by atoms with Crippen LogP contribution >= 0.6 is 11.3 Å². The minimum absolute atomic E-state index is 0.122. The number of thiazole rings is 1. The zero-order valence-corrected chi connectivity index (χ0v) is 25.5. The lowest BCUT2D eigenvalue weighted by Gasteiger charge is -2.47. The summed E-state index contributed by atoms with van der Waals surface area (Å²) in [5.41, 5.74) is 5.47. The molecule has 4 aliphatic rings. The molecule has 1 aromatic heterocycles. The number of benzene rings is 2. The molecule has 220 valence electrons. The molecule has 7 rings (SSSR count). The first kappa shape index (κ1) is 27.4. The first-order chi connectivity index (χ1) is 20.3. The van der Waals surface area contributed by atoms with Crippen LogP contribution in [-0.2, 0) is 11.4 Å². The molecule has 42 heavy (non-hydrogen) atoms. The first-order valence-electron chi connectivity index (χ1n) is 15.3. The number of aromatic nitrogens is 1. The largest absolute Gasteiger partial charge is 0.488 e. The van der Waals surface area contributed by atoms with Crippen molar-refractivity contribution in [3.8, 4) is 17.0 Å². The van der Waals surface area contributed by atoms with Gasteiger partial charge in [0.15, 0.2) is 5.13 Å². The number of aliphatic carboxylic acids is 1. The molecule has 2 aliphatic heterocycles. The predicted molar refractivity (Wildman–Crippen MR) is 164 cm³/mol. The van der Waals surface area contributed by atoms with Crippen LogP contribution in [0.15, 0.2) is 41.8 Å². The molecule has 0 bridgehead atoms. The van der Waals surface area contributed by atoms with Crippen LogP contribution in [-0.4, -0.2) is 53.0 Å². The van der Waals surface area contributed by atoms with E-state index >= 15 is 0 Å². The van der Waals surface area contributed by atoms with Crippen molar-refractivity contribution in [1.82, 2.24) is 9.88 Å². The van der Waals surface area contributed by atoms with Gasteiger partial charge in [-0.2, -0.15) is 0 Å². The monoisotopic (exact) mass is 585 g/mol. The Bertz CT molecular complexity index is 1560. The maximum absolute atomic E-state index is 13.0. The molecule has 4 fully saturated rings. The molecule has 4 atom stereocenters. The van der Waals surface area contributed by atoms with Crippen molar-refractivity contribution < 1.29 is 19.4 Å². The Morgan fingerprint density at radius 3 is 2.64 bits per heavy atom. The van der Waals surface area contributed by atoms with Crippen LogP contribution in [0.25, 0.3) is 11.3 Å². The Morgan fingerprint density at radius 2 is 1.90 bits per heavy atom. The number of nitrogens with zero attached hydrogens (tertiary/aromatic N) is 3. The van der Waals surface area contributed by atoms with Crippen LogP contribution in [0.3, 0.4) is 0 Å². The quantitative estimate of drug-likeness (QED) is 0.322. The maximum Gasteiger partial charge on any atom is 0.310 e. The molecule has 1 N–H and O–H groups in total. The van der Waals surface area contributed by atoms with Crippen LogP contribution in [0.4, 0.5) is 5.13 Å². The summed E-state index contributed by atoms with van der Waals surface area (Å²) in [6.45, 7) is 9.93. The smallest absolute Gasteiger partial charge is 0.310 e. The molecule has 7 nitrogen and oxygen atoms in total. The molecule has 3 heterocycles.